The first-order valence-corrected chi connectivity index (χ1v) is 8.16. The second-order valence-corrected chi connectivity index (χ2v) is 5.81. The second kappa shape index (κ2) is 11.0. The Morgan fingerprint density at radius 3 is 2.33 bits per heavy atom. The fourth-order valence-electron chi connectivity index (χ4n) is 2.53. The monoisotopic (exact) mass is 302 g/mol. The smallest absolute Gasteiger partial charge is 0.323 e. The van der Waals surface area contributed by atoms with Crippen LogP contribution < -0.4 is 5.32 Å². The predicted octanol–water partition coefficient (Wildman–Crippen LogP) is 2.36. The molecule has 0 aliphatic carbocycles. The maximum Gasteiger partial charge on any atom is 0.323 e. The Labute approximate surface area is 130 Å². The summed E-state index contributed by atoms with van der Waals surface area (Å²) in [5, 5.41) is 12.7. The summed E-state index contributed by atoms with van der Waals surface area (Å²) in [7, 11) is 1.70. The van der Waals surface area contributed by atoms with Gasteiger partial charge >= 0.3 is 5.97 Å². The number of rotatable bonds is 13. The minimum atomic E-state index is -0.854. The molecular formula is C16H34N2O3. The van der Waals surface area contributed by atoms with Crippen molar-refractivity contribution in [1.82, 2.24) is 10.2 Å². The first-order valence-electron chi connectivity index (χ1n) is 8.16. The molecule has 0 radical (unpaired) electrons. The van der Waals surface area contributed by atoms with Gasteiger partial charge < -0.3 is 15.2 Å². The minimum absolute atomic E-state index is 0.490. The lowest BCUT2D eigenvalue weighted by Crippen LogP contribution is -2.52. The van der Waals surface area contributed by atoms with Crippen LogP contribution in [0, 0.1) is 0 Å². The van der Waals surface area contributed by atoms with Gasteiger partial charge in [-0.1, -0.05) is 20.8 Å². The summed E-state index contributed by atoms with van der Waals surface area (Å²) in [5.41, 5.74) is -0.854. The van der Waals surface area contributed by atoms with Gasteiger partial charge in [-0.3, -0.25) is 9.69 Å². The average Bonchev–Trinajstić information content (AvgIpc) is 2.48. The van der Waals surface area contributed by atoms with Crippen LogP contribution >= 0.6 is 0 Å². The molecule has 0 rings (SSSR count). The molecule has 21 heavy (non-hydrogen) atoms. The van der Waals surface area contributed by atoms with Crippen LogP contribution in [0.15, 0.2) is 0 Å². The quantitative estimate of drug-likeness (QED) is 0.547. The highest BCUT2D eigenvalue weighted by atomic mass is 16.5. The van der Waals surface area contributed by atoms with Gasteiger partial charge in [-0.25, -0.2) is 0 Å². The summed E-state index contributed by atoms with van der Waals surface area (Å²) in [6, 6.07) is 0.490. The highest BCUT2D eigenvalue weighted by Crippen LogP contribution is 2.15. The van der Waals surface area contributed by atoms with Gasteiger partial charge in [-0.15, -0.1) is 0 Å². The molecule has 0 heterocycles. The third-order valence-electron chi connectivity index (χ3n) is 4.18. The normalized spacial score (nSPS) is 14.6. The molecule has 0 spiro atoms. The maximum atomic E-state index is 11.6. The van der Waals surface area contributed by atoms with E-state index in [1.165, 1.54) is 0 Å². The molecule has 0 aromatic carbocycles. The van der Waals surface area contributed by atoms with Gasteiger partial charge in [0, 0.05) is 26.2 Å². The van der Waals surface area contributed by atoms with Crippen molar-refractivity contribution in [2.24, 2.45) is 0 Å². The molecule has 0 amide bonds. The van der Waals surface area contributed by atoms with E-state index in [0.717, 1.165) is 38.9 Å². The van der Waals surface area contributed by atoms with E-state index in [1.807, 2.05) is 6.92 Å². The van der Waals surface area contributed by atoms with E-state index in [0.29, 0.717) is 19.1 Å². The summed E-state index contributed by atoms with van der Waals surface area (Å²) in [4.78, 5) is 13.9. The first-order chi connectivity index (χ1) is 9.95. The Morgan fingerprint density at radius 1 is 1.29 bits per heavy atom. The van der Waals surface area contributed by atoms with Crippen LogP contribution in [0.1, 0.15) is 53.4 Å². The summed E-state index contributed by atoms with van der Waals surface area (Å²) < 4.78 is 5.18. The molecule has 0 saturated heterocycles. The van der Waals surface area contributed by atoms with Gasteiger partial charge in [-0.05, 0) is 39.2 Å². The molecular weight excluding hydrogens is 268 g/mol. The van der Waals surface area contributed by atoms with E-state index in [9.17, 15) is 9.90 Å². The molecule has 0 fully saturated rings. The van der Waals surface area contributed by atoms with Crippen molar-refractivity contribution in [3.8, 4) is 0 Å². The van der Waals surface area contributed by atoms with E-state index in [4.69, 9.17) is 4.74 Å². The molecule has 0 aliphatic rings. The fraction of sp³-hybridized carbons (Fsp3) is 0.938. The van der Waals surface area contributed by atoms with Gasteiger partial charge in [0.05, 0.1) is 6.61 Å². The van der Waals surface area contributed by atoms with Crippen molar-refractivity contribution in [1.29, 1.82) is 0 Å². The van der Waals surface area contributed by atoms with E-state index in [-0.39, 0.29) is 0 Å². The number of carbonyl (C=O) groups is 1. The number of ether oxygens (including phenoxy) is 1. The highest BCUT2D eigenvalue weighted by Gasteiger charge is 2.33. The van der Waals surface area contributed by atoms with Crippen molar-refractivity contribution in [2.75, 3.05) is 33.4 Å². The Hall–Kier alpha value is -0.650. The van der Waals surface area contributed by atoms with Gasteiger partial charge in [-0.2, -0.15) is 0 Å². The Morgan fingerprint density at radius 2 is 1.90 bits per heavy atom. The van der Waals surface area contributed by atoms with Gasteiger partial charge in [0.15, 0.2) is 0 Å². The number of aliphatic carboxylic acids is 1. The van der Waals surface area contributed by atoms with Crippen LogP contribution in [0.4, 0.5) is 0 Å². The summed E-state index contributed by atoms with van der Waals surface area (Å²) >= 11 is 0. The largest absolute Gasteiger partial charge is 0.480 e. The van der Waals surface area contributed by atoms with Gasteiger partial charge in [0.1, 0.15) is 5.54 Å². The van der Waals surface area contributed by atoms with Crippen molar-refractivity contribution >= 4 is 5.97 Å². The lowest BCUT2D eigenvalue weighted by molar-refractivity contribution is -0.144. The molecule has 0 aromatic rings. The molecule has 126 valence electrons. The zero-order chi connectivity index (χ0) is 16.3. The van der Waals surface area contributed by atoms with Crippen LogP contribution in [0.2, 0.25) is 0 Å². The van der Waals surface area contributed by atoms with Gasteiger partial charge in [0.25, 0.3) is 0 Å². The summed E-state index contributed by atoms with van der Waals surface area (Å²) in [6.07, 6.45) is 3.68. The Balaban J connectivity index is 4.69. The summed E-state index contributed by atoms with van der Waals surface area (Å²) in [6.45, 7) is 11.2. The van der Waals surface area contributed by atoms with Crippen LogP contribution in [0.3, 0.4) is 0 Å². The molecule has 0 saturated carbocycles. The third kappa shape index (κ3) is 7.25. The second-order valence-electron chi connectivity index (χ2n) is 5.81. The van der Waals surface area contributed by atoms with Crippen LogP contribution in [-0.2, 0) is 9.53 Å². The van der Waals surface area contributed by atoms with E-state index < -0.39 is 11.5 Å². The zero-order valence-electron chi connectivity index (χ0n) is 14.4. The highest BCUT2D eigenvalue weighted by molar-refractivity contribution is 5.78. The molecule has 1 atom stereocenters. The Kier molecular flexibility index (Phi) is 10.6. The molecule has 1 unspecified atom stereocenters. The topological polar surface area (TPSA) is 61.8 Å². The number of hydrogen-bond acceptors (Lipinski definition) is 4. The van der Waals surface area contributed by atoms with Crippen molar-refractivity contribution in [3.63, 3.8) is 0 Å². The SMILES string of the molecule is CCCNC(C)(CCN(CCOC)C(CC)CC)C(=O)O. The van der Waals surface area contributed by atoms with E-state index in [2.05, 4.69) is 24.1 Å². The van der Waals surface area contributed by atoms with Crippen molar-refractivity contribution in [3.05, 3.63) is 0 Å². The fourth-order valence-corrected chi connectivity index (χ4v) is 2.53. The number of carboxylic acid groups (broad SMARTS) is 1. The number of carboxylic acids is 1. The molecule has 5 heteroatoms. The molecule has 2 N–H and O–H groups in total. The summed E-state index contributed by atoms with van der Waals surface area (Å²) in [5.74, 6) is -0.771. The van der Waals surface area contributed by atoms with Gasteiger partial charge in [0.2, 0.25) is 0 Å². The zero-order valence-corrected chi connectivity index (χ0v) is 14.4. The third-order valence-corrected chi connectivity index (χ3v) is 4.18. The first kappa shape index (κ1) is 20.3. The maximum absolute atomic E-state index is 11.6. The van der Waals surface area contributed by atoms with Crippen LogP contribution in [-0.4, -0.2) is 60.9 Å². The number of methoxy groups -OCH3 is 1. The van der Waals surface area contributed by atoms with E-state index >= 15 is 0 Å². The Bertz CT molecular complexity index is 283. The number of hydrogen-bond donors (Lipinski definition) is 2. The van der Waals surface area contributed by atoms with Crippen LogP contribution in [0.5, 0.6) is 0 Å². The lowest BCUT2D eigenvalue weighted by Gasteiger charge is -2.34. The van der Waals surface area contributed by atoms with Crippen LogP contribution in [0.25, 0.3) is 0 Å². The molecule has 0 bridgehead atoms. The van der Waals surface area contributed by atoms with Crippen molar-refractivity contribution in [2.45, 2.75) is 65.0 Å². The molecule has 0 aliphatic heterocycles. The predicted molar refractivity (Wildman–Crippen MR) is 86.8 cm³/mol. The number of nitrogens with one attached hydrogen (secondary N) is 1. The lowest BCUT2D eigenvalue weighted by atomic mass is 9.96. The van der Waals surface area contributed by atoms with Crippen molar-refractivity contribution < 1.29 is 14.6 Å². The standard InChI is InChI=1S/C16H34N2O3/c1-6-10-17-16(4,15(19)20)9-11-18(12-13-21-5)14(7-2)8-3/h14,17H,6-13H2,1-5H3,(H,19,20). The molecule has 0 aromatic heterocycles. The van der Waals surface area contributed by atoms with E-state index in [1.54, 1.807) is 14.0 Å². The minimum Gasteiger partial charge on any atom is -0.480 e. The number of nitrogens with zero attached hydrogens (tertiary/aromatic N) is 1. The molecule has 5 nitrogen and oxygen atoms in total. The average molecular weight is 302 g/mol.